The van der Waals surface area contributed by atoms with Crippen LogP contribution in [0.5, 0.6) is 5.75 Å². The third-order valence-corrected chi connectivity index (χ3v) is 3.46. The number of benzene rings is 2. The van der Waals surface area contributed by atoms with Crippen molar-refractivity contribution in [3.63, 3.8) is 0 Å². The highest BCUT2D eigenvalue weighted by molar-refractivity contribution is 5.74. The van der Waals surface area contributed by atoms with Crippen molar-refractivity contribution in [1.29, 1.82) is 0 Å². The van der Waals surface area contributed by atoms with Gasteiger partial charge in [0.1, 0.15) is 5.75 Å². The summed E-state index contributed by atoms with van der Waals surface area (Å²) in [5.41, 5.74) is 2.16. The highest BCUT2D eigenvalue weighted by atomic mass is 16.6. The van der Waals surface area contributed by atoms with Crippen molar-refractivity contribution in [1.82, 2.24) is 4.90 Å². The normalized spacial score (nSPS) is 17.8. The van der Waals surface area contributed by atoms with Gasteiger partial charge in [0.2, 0.25) is 0 Å². The standard InChI is InChI=1S/C16H15NO2/c1-12-14-9-5-6-10-15(14)19-16(18)17(12)11-13-7-3-2-4-8-13/h2-10,12H,11H2,1H3. The number of carbonyl (C=O) groups is 1. The zero-order valence-electron chi connectivity index (χ0n) is 10.7. The molecule has 0 aliphatic carbocycles. The molecule has 0 saturated carbocycles. The molecule has 2 aromatic rings. The fraction of sp³-hybridized carbons (Fsp3) is 0.188. The van der Waals surface area contributed by atoms with E-state index in [1.807, 2.05) is 61.5 Å². The molecular formula is C16H15NO2. The molecule has 3 nitrogen and oxygen atoms in total. The van der Waals surface area contributed by atoms with Crippen LogP contribution in [0.15, 0.2) is 54.6 Å². The maximum atomic E-state index is 12.1. The van der Waals surface area contributed by atoms with E-state index in [2.05, 4.69) is 0 Å². The molecule has 0 bridgehead atoms. The average molecular weight is 253 g/mol. The van der Waals surface area contributed by atoms with Gasteiger partial charge in [0.05, 0.1) is 6.04 Å². The second-order valence-corrected chi connectivity index (χ2v) is 4.70. The Hall–Kier alpha value is -2.29. The summed E-state index contributed by atoms with van der Waals surface area (Å²) in [6.07, 6.45) is -0.282. The molecule has 2 aromatic carbocycles. The first-order chi connectivity index (χ1) is 9.25. The van der Waals surface area contributed by atoms with E-state index in [0.29, 0.717) is 12.3 Å². The molecule has 0 aromatic heterocycles. The number of hydrogen-bond donors (Lipinski definition) is 0. The predicted molar refractivity (Wildman–Crippen MR) is 72.9 cm³/mol. The number of carbonyl (C=O) groups excluding carboxylic acids is 1. The van der Waals surface area contributed by atoms with Gasteiger partial charge in [-0.15, -0.1) is 0 Å². The summed E-state index contributed by atoms with van der Waals surface area (Å²) in [5.74, 6) is 0.671. The van der Waals surface area contributed by atoms with Crippen molar-refractivity contribution < 1.29 is 9.53 Å². The summed E-state index contributed by atoms with van der Waals surface area (Å²) in [6, 6.07) is 17.7. The highest BCUT2D eigenvalue weighted by Crippen LogP contribution is 2.35. The van der Waals surface area contributed by atoms with E-state index < -0.39 is 0 Å². The molecule has 1 aliphatic heterocycles. The zero-order chi connectivity index (χ0) is 13.2. The third kappa shape index (κ3) is 2.19. The van der Waals surface area contributed by atoms with Crippen LogP contribution in [-0.2, 0) is 6.54 Å². The third-order valence-electron chi connectivity index (χ3n) is 3.46. The molecule has 3 rings (SSSR count). The maximum absolute atomic E-state index is 12.1. The summed E-state index contributed by atoms with van der Waals surface area (Å²) >= 11 is 0. The van der Waals surface area contributed by atoms with E-state index in [1.165, 1.54) is 0 Å². The van der Waals surface area contributed by atoms with Crippen molar-refractivity contribution >= 4 is 6.09 Å². The summed E-state index contributed by atoms with van der Waals surface area (Å²) < 4.78 is 5.37. The quantitative estimate of drug-likeness (QED) is 0.815. The Morgan fingerprint density at radius 3 is 2.53 bits per heavy atom. The first kappa shape index (κ1) is 11.8. The minimum atomic E-state index is -0.282. The fourth-order valence-corrected chi connectivity index (χ4v) is 2.38. The van der Waals surface area contributed by atoms with Gasteiger partial charge in [-0.1, -0.05) is 48.5 Å². The lowest BCUT2D eigenvalue weighted by molar-refractivity contribution is 0.117. The van der Waals surface area contributed by atoms with Crippen molar-refractivity contribution in [2.45, 2.75) is 19.5 Å². The Morgan fingerprint density at radius 1 is 1.05 bits per heavy atom. The molecule has 0 saturated heterocycles. The second kappa shape index (κ2) is 4.76. The number of fused-ring (bicyclic) bond motifs is 1. The van der Waals surface area contributed by atoms with Gasteiger partial charge in [-0.2, -0.15) is 0 Å². The molecule has 0 spiro atoms. The van der Waals surface area contributed by atoms with Crippen molar-refractivity contribution in [3.8, 4) is 5.75 Å². The number of nitrogens with zero attached hydrogens (tertiary/aromatic N) is 1. The molecule has 1 amide bonds. The van der Waals surface area contributed by atoms with Gasteiger partial charge in [0.15, 0.2) is 0 Å². The van der Waals surface area contributed by atoms with Crippen LogP contribution in [0.4, 0.5) is 4.79 Å². The first-order valence-electron chi connectivity index (χ1n) is 6.37. The van der Waals surface area contributed by atoms with Gasteiger partial charge in [0.25, 0.3) is 0 Å². The van der Waals surface area contributed by atoms with Crippen molar-refractivity contribution in [2.24, 2.45) is 0 Å². The van der Waals surface area contributed by atoms with E-state index in [-0.39, 0.29) is 12.1 Å². The summed E-state index contributed by atoms with van der Waals surface area (Å²) in [6.45, 7) is 2.59. The molecule has 1 unspecified atom stereocenters. The van der Waals surface area contributed by atoms with E-state index >= 15 is 0 Å². The Bertz CT molecular complexity index is 595. The zero-order valence-corrected chi connectivity index (χ0v) is 10.7. The van der Waals surface area contributed by atoms with Crippen LogP contribution < -0.4 is 4.74 Å². The van der Waals surface area contributed by atoms with Crippen LogP contribution in [0, 0.1) is 0 Å². The number of ether oxygens (including phenoxy) is 1. The molecule has 0 fully saturated rings. The molecule has 0 radical (unpaired) electrons. The van der Waals surface area contributed by atoms with E-state index in [9.17, 15) is 4.79 Å². The number of para-hydroxylation sites is 1. The topological polar surface area (TPSA) is 29.5 Å². The van der Waals surface area contributed by atoms with Crippen LogP contribution in [0.3, 0.4) is 0 Å². The van der Waals surface area contributed by atoms with Crippen LogP contribution in [0.1, 0.15) is 24.1 Å². The first-order valence-corrected chi connectivity index (χ1v) is 6.37. The van der Waals surface area contributed by atoms with Crippen molar-refractivity contribution in [2.75, 3.05) is 0 Å². The summed E-state index contributed by atoms with van der Waals surface area (Å²) in [5, 5.41) is 0. The molecule has 0 N–H and O–H groups in total. The molecule has 1 heterocycles. The molecular weight excluding hydrogens is 238 g/mol. The van der Waals surface area contributed by atoms with Crippen LogP contribution >= 0.6 is 0 Å². The Kier molecular flexibility index (Phi) is 2.95. The minimum Gasteiger partial charge on any atom is -0.410 e. The number of rotatable bonds is 2. The molecule has 3 heteroatoms. The smallest absolute Gasteiger partial charge is 0.410 e. The highest BCUT2D eigenvalue weighted by Gasteiger charge is 2.30. The number of amides is 1. The molecule has 19 heavy (non-hydrogen) atoms. The Labute approximate surface area is 112 Å². The van der Waals surface area contributed by atoms with Gasteiger partial charge in [0, 0.05) is 12.1 Å². The summed E-state index contributed by atoms with van der Waals surface area (Å²) in [7, 11) is 0. The van der Waals surface area contributed by atoms with Gasteiger partial charge >= 0.3 is 6.09 Å². The van der Waals surface area contributed by atoms with Crippen LogP contribution in [0.25, 0.3) is 0 Å². The molecule has 1 aliphatic rings. The van der Waals surface area contributed by atoms with E-state index in [4.69, 9.17) is 4.74 Å². The Balaban J connectivity index is 1.89. The fourth-order valence-electron chi connectivity index (χ4n) is 2.38. The van der Waals surface area contributed by atoms with Crippen LogP contribution in [0.2, 0.25) is 0 Å². The maximum Gasteiger partial charge on any atom is 0.416 e. The van der Waals surface area contributed by atoms with Crippen LogP contribution in [-0.4, -0.2) is 11.0 Å². The number of hydrogen-bond acceptors (Lipinski definition) is 2. The Morgan fingerprint density at radius 2 is 1.74 bits per heavy atom. The predicted octanol–water partition coefficient (Wildman–Crippen LogP) is 3.76. The van der Waals surface area contributed by atoms with Crippen molar-refractivity contribution in [3.05, 3.63) is 65.7 Å². The van der Waals surface area contributed by atoms with E-state index in [0.717, 1.165) is 11.1 Å². The van der Waals surface area contributed by atoms with Gasteiger partial charge in [-0.25, -0.2) is 4.79 Å². The van der Waals surface area contributed by atoms with Gasteiger partial charge in [-0.3, -0.25) is 4.90 Å². The van der Waals surface area contributed by atoms with Gasteiger partial charge in [-0.05, 0) is 18.6 Å². The monoisotopic (exact) mass is 253 g/mol. The van der Waals surface area contributed by atoms with E-state index in [1.54, 1.807) is 4.90 Å². The average Bonchev–Trinajstić information content (AvgIpc) is 2.45. The van der Waals surface area contributed by atoms with Gasteiger partial charge < -0.3 is 4.74 Å². The second-order valence-electron chi connectivity index (χ2n) is 4.70. The molecule has 96 valence electrons. The largest absolute Gasteiger partial charge is 0.416 e. The SMILES string of the molecule is CC1c2ccccc2OC(=O)N1Cc1ccccc1. The summed E-state index contributed by atoms with van der Waals surface area (Å²) in [4.78, 5) is 13.8. The lowest BCUT2D eigenvalue weighted by atomic mass is 10.0. The lowest BCUT2D eigenvalue weighted by Gasteiger charge is -2.34. The molecule has 1 atom stereocenters. The lowest BCUT2D eigenvalue weighted by Crippen LogP contribution is -2.39. The minimum absolute atomic E-state index is 0.0256.